The molecule has 3 rings (SSSR count). The first kappa shape index (κ1) is 27.7. The molecule has 1 aromatic carbocycles. The van der Waals surface area contributed by atoms with Gasteiger partial charge in [0.2, 0.25) is 0 Å². The molecule has 0 saturated heterocycles. The van der Waals surface area contributed by atoms with Gasteiger partial charge in [0, 0.05) is 15.1 Å². The van der Waals surface area contributed by atoms with E-state index in [0.717, 1.165) is 25.7 Å². The predicted octanol–water partition coefficient (Wildman–Crippen LogP) is 6.20. The third-order valence-electron chi connectivity index (χ3n) is 8.03. The normalized spacial score (nSPS) is 35.4. The van der Waals surface area contributed by atoms with Crippen molar-refractivity contribution in [3.63, 3.8) is 0 Å². The second kappa shape index (κ2) is 10.2. The van der Waals surface area contributed by atoms with Crippen LogP contribution in [0.1, 0.15) is 89.1 Å². The van der Waals surface area contributed by atoms with Gasteiger partial charge < -0.3 is 20.1 Å². The number of hydrogen-bond acceptors (Lipinski definition) is 5. The fourth-order valence-corrected chi connectivity index (χ4v) is 6.42. The van der Waals surface area contributed by atoms with E-state index in [-0.39, 0.29) is 20.8 Å². The van der Waals surface area contributed by atoms with Crippen LogP contribution in [0.15, 0.2) is 29.3 Å². The minimum absolute atomic E-state index is 0.151. The summed E-state index contributed by atoms with van der Waals surface area (Å²) in [5.74, 6) is -0.393. The number of carbonyl (C=O) groups is 1. The van der Waals surface area contributed by atoms with Crippen LogP contribution in [0.2, 0.25) is 0 Å². The lowest BCUT2D eigenvalue weighted by Gasteiger charge is -2.44. The van der Waals surface area contributed by atoms with Gasteiger partial charge in [-0.3, -0.25) is 0 Å². The van der Waals surface area contributed by atoms with E-state index in [1.54, 1.807) is 39.0 Å². The van der Waals surface area contributed by atoms with Gasteiger partial charge in [-0.15, -0.1) is 0 Å². The van der Waals surface area contributed by atoms with E-state index in [0.29, 0.717) is 30.4 Å². The summed E-state index contributed by atoms with van der Waals surface area (Å²) in [6.45, 7) is 9.56. The molecule has 1 aliphatic heterocycles. The second-order valence-corrected chi connectivity index (χ2v) is 13.3. The number of esters is 1. The van der Waals surface area contributed by atoms with Gasteiger partial charge in [-0.2, -0.15) is 0 Å². The molecule has 2 aliphatic rings. The number of halogens is 2. The number of carbonyl (C=O) groups excluding carboxylic acids is 1. The number of phenols is 1. The van der Waals surface area contributed by atoms with E-state index < -0.39 is 23.3 Å². The topological polar surface area (TPSA) is 87.0 Å². The molecule has 190 valence electrons. The fourth-order valence-electron chi connectivity index (χ4n) is 5.23. The van der Waals surface area contributed by atoms with Crippen LogP contribution >= 0.6 is 31.9 Å². The first-order chi connectivity index (χ1) is 15.7. The zero-order chi connectivity index (χ0) is 25.5. The van der Waals surface area contributed by atoms with E-state index in [2.05, 4.69) is 45.7 Å². The van der Waals surface area contributed by atoms with Crippen molar-refractivity contribution in [3.05, 3.63) is 40.5 Å². The summed E-state index contributed by atoms with van der Waals surface area (Å²) in [5.41, 5.74) is 1.27. The van der Waals surface area contributed by atoms with Gasteiger partial charge in [-0.05, 0) is 96.4 Å². The number of alkyl halides is 2. The highest BCUT2D eigenvalue weighted by Crippen LogP contribution is 2.50. The highest BCUT2D eigenvalue weighted by Gasteiger charge is 2.42. The lowest BCUT2D eigenvalue weighted by molar-refractivity contribution is -0.0789. The Balaban J connectivity index is 2.08. The molecule has 34 heavy (non-hydrogen) atoms. The van der Waals surface area contributed by atoms with Gasteiger partial charge in [-0.25, -0.2) is 4.79 Å². The molecule has 0 radical (unpaired) electrons. The van der Waals surface area contributed by atoms with Crippen molar-refractivity contribution in [2.24, 2.45) is 5.41 Å². The number of aromatic hydroxyl groups is 1. The van der Waals surface area contributed by atoms with E-state index >= 15 is 0 Å². The van der Waals surface area contributed by atoms with Crippen molar-refractivity contribution < 1.29 is 24.9 Å². The average molecular weight is 602 g/mol. The number of phenolic OH excluding ortho intramolecular Hbond substituents is 1. The van der Waals surface area contributed by atoms with Crippen molar-refractivity contribution in [2.45, 2.75) is 107 Å². The Hall–Kier alpha value is -0.890. The number of ether oxygens (including phenoxy) is 1. The Morgan fingerprint density at radius 1 is 1.03 bits per heavy atom. The highest BCUT2D eigenvalue weighted by molar-refractivity contribution is 9.09. The molecule has 0 aromatic heterocycles. The number of rotatable bonds is 0. The molecule has 0 spiro atoms. The maximum Gasteiger partial charge on any atom is 0.338 e. The molecule has 0 fully saturated rings. The van der Waals surface area contributed by atoms with Gasteiger partial charge in [0.05, 0.1) is 17.3 Å². The SMILES string of the molecule is CC1=C2Cc3cc(ccc3O)C(=O)OC(C)(C)C(O)CC[C@](C)(O)[C@H](Br)CC[C@]2(C)[C@@H](Br)CC1. The van der Waals surface area contributed by atoms with Crippen LogP contribution in [0.5, 0.6) is 5.75 Å². The lowest BCUT2D eigenvalue weighted by atomic mass is 9.66. The van der Waals surface area contributed by atoms with Crippen molar-refractivity contribution >= 4 is 37.8 Å². The molecule has 3 N–H and O–H groups in total. The lowest BCUT2D eigenvalue weighted by Crippen LogP contribution is -2.44. The summed E-state index contributed by atoms with van der Waals surface area (Å²) in [4.78, 5) is 13.1. The number of fused-ring (bicyclic) bond motifs is 3. The van der Waals surface area contributed by atoms with Crippen LogP contribution in [-0.2, 0) is 11.2 Å². The van der Waals surface area contributed by atoms with Crippen molar-refractivity contribution in [2.75, 3.05) is 0 Å². The monoisotopic (exact) mass is 600 g/mol. The summed E-state index contributed by atoms with van der Waals surface area (Å²) in [7, 11) is 0. The molecule has 1 heterocycles. The molecular formula is C27H38Br2O5. The average Bonchev–Trinajstić information content (AvgIpc) is 2.76. The molecule has 1 aromatic rings. The maximum atomic E-state index is 13.0. The molecular weight excluding hydrogens is 564 g/mol. The van der Waals surface area contributed by atoms with E-state index in [4.69, 9.17) is 4.74 Å². The number of aliphatic hydroxyl groups excluding tert-OH is 1. The van der Waals surface area contributed by atoms with Gasteiger partial charge in [0.25, 0.3) is 0 Å². The van der Waals surface area contributed by atoms with Gasteiger partial charge in [-0.1, -0.05) is 49.9 Å². The minimum Gasteiger partial charge on any atom is -0.508 e. The third kappa shape index (κ3) is 5.74. The van der Waals surface area contributed by atoms with Gasteiger partial charge in [0.15, 0.2) is 0 Å². The molecule has 0 amide bonds. The smallest absolute Gasteiger partial charge is 0.338 e. The van der Waals surface area contributed by atoms with Gasteiger partial charge in [0.1, 0.15) is 11.4 Å². The Morgan fingerprint density at radius 2 is 1.71 bits per heavy atom. The molecule has 5 atom stereocenters. The van der Waals surface area contributed by atoms with Crippen LogP contribution in [0.4, 0.5) is 0 Å². The molecule has 0 saturated carbocycles. The van der Waals surface area contributed by atoms with Crippen molar-refractivity contribution in [1.29, 1.82) is 0 Å². The number of cyclic esters (lactones) is 1. The largest absolute Gasteiger partial charge is 0.508 e. The predicted molar refractivity (Wildman–Crippen MR) is 142 cm³/mol. The Bertz CT molecular complexity index is 954. The summed E-state index contributed by atoms with van der Waals surface area (Å²) in [6, 6.07) is 4.82. The zero-order valence-electron chi connectivity index (χ0n) is 20.8. The van der Waals surface area contributed by atoms with E-state index in [1.165, 1.54) is 11.1 Å². The third-order valence-corrected chi connectivity index (χ3v) is 10.9. The van der Waals surface area contributed by atoms with Crippen molar-refractivity contribution in [1.82, 2.24) is 0 Å². The van der Waals surface area contributed by atoms with Gasteiger partial charge >= 0.3 is 5.97 Å². The second-order valence-electron chi connectivity index (χ2n) is 11.1. The molecule has 2 bridgehead atoms. The highest BCUT2D eigenvalue weighted by atomic mass is 79.9. The number of hydrogen-bond donors (Lipinski definition) is 3. The Morgan fingerprint density at radius 3 is 2.38 bits per heavy atom. The molecule has 1 unspecified atom stereocenters. The zero-order valence-corrected chi connectivity index (χ0v) is 24.0. The Kier molecular flexibility index (Phi) is 8.33. The van der Waals surface area contributed by atoms with Crippen LogP contribution in [0.3, 0.4) is 0 Å². The van der Waals surface area contributed by atoms with Crippen LogP contribution in [0.25, 0.3) is 0 Å². The standard InChI is InChI=1S/C27H38Br2O5/c1-16-6-9-21(28)26(4)12-10-22(29)27(5,33)13-11-23(31)25(2,3)34-24(32)17-7-8-20(30)18(14-17)15-19(16)26/h7-8,14,21-23,30-31,33H,6,9-13,15H2,1-5H3/t21-,22+,23?,26-,27-/m0/s1. The minimum atomic E-state index is -1.13. The molecule has 5 nitrogen and oxygen atoms in total. The van der Waals surface area contributed by atoms with Crippen molar-refractivity contribution in [3.8, 4) is 5.75 Å². The molecule has 1 aliphatic carbocycles. The van der Waals surface area contributed by atoms with E-state index in [1.807, 2.05) is 0 Å². The maximum absolute atomic E-state index is 13.0. The van der Waals surface area contributed by atoms with E-state index in [9.17, 15) is 20.1 Å². The summed E-state index contributed by atoms with van der Waals surface area (Å²) in [6.07, 6.45) is 3.85. The first-order valence-corrected chi connectivity index (χ1v) is 13.9. The van der Waals surface area contributed by atoms with Crippen LogP contribution < -0.4 is 0 Å². The number of aliphatic hydroxyl groups is 2. The van der Waals surface area contributed by atoms with Crippen LogP contribution in [-0.4, -0.2) is 48.2 Å². The summed E-state index contributed by atoms with van der Waals surface area (Å²) < 4.78 is 5.71. The summed E-state index contributed by atoms with van der Waals surface area (Å²) in [5, 5.41) is 32.7. The van der Waals surface area contributed by atoms with Crippen LogP contribution in [0, 0.1) is 5.41 Å². The first-order valence-electron chi connectivity index (χ1n) is 12.1. The number of benzene rings is 1. The molecule has 7 heteroatoms. The fraction of sp³-hybridized carbons (Fsp3) is 0.667. The number of allylic oxidation sites excluding steroid dienone is 2. The Labute approximate surface area is 220 Å². The quantitative estimate of drug-likeness (QED) is 0.187. The summed E-state index contributed by atoms with van der Waals surface area (Å²) >= 11 is 7.67.